The number of fused-ring (bicyclic) bond motifs is 1. The van der Waals surface area contributed by atoms with Gasteiger partial charge in [0.05, 0.1) is 10.3 Å². The maximum absolute atomic E-state index is 15.5. The first-order chi connectivity index (χ1) is 22.2. The SMILES string of the molecule is Cc1ccc(S(=O)(=O)n2cc(C)c3c(Oc4ccc(C[C@@H](NC(=O)OC(C)(C)C)C(=O)NC5CCCCC5)cc4F)ccnc32)cc1. The van der Waals surface area contributed by atoms with Crippen LogP contribution in [0, 0.1) is 19.7 Å². The molecule has 2 aromatic carbocycles. The smallest absolute Gasteiger partial charge is 0.408 e. The van der Waals surface area contributed by atoms with Crippen molar-refractivity contribution >= 4 is 33.1 Å². The van der Waals surface area contributed by atoms with Gasteiger partial charge in [-0.15, -0.1) is 0 Å². The summed E-state index contributed by atoms with van der Waals surface area (Å²) in [6, 6.07) is 11.4. The second-order valence-electron chi connectivity index (χ2n) is 13.0. The number of carbonyl (C=O) groups excluding carboxylic acids is 2. The number of benzene rings is 2. The van der Waals surface area contributed by atoms with Crippen LogP contribution in [0.4, 0.5) is 9.18 Å². The van der Waals surface area contributed by atoms with Gasteiger partial charge in [0.1, 0.15) is 17.4 Å². The number of hydrogen-bond acceptors (Lipinski definition) is 7. The number of alkyl carbamates (subject to hydrolysis) is 1. The second-order valence-corrected chi connectivity index (χ2v) is 14.9. The summed E-state index contributed by atoms with van der Waals surface area (Å²) < 4.78 is 55.0. The molecule has 1 aliphatic carbocycles. The van der Waals surface area contributed by atoms with E-state index < -0.39 is 33.6 Å². The number of nitrogens with zero attached hydrogens (tertiary/aromatic N) is 2. The first kappa shape index (κ1) is 33.9. The van der Waals surface area contributed by atoms with E-state index >= 15 is 4.39 Å². The monoisotopic (exact) mass is 664 g/mol. The Balaban J connectivity index is 1.38. The highest BCUT2D eigenvalue weighted by molar-refractivity contribution is 7.90. The maximum Gasteiger partial charge on any atom is 0.408 e. The van der Waals surface area contributed by atoms with Gasteiger partial charge in [-0.05, 0) is 88.9 Å². The fourth-order valence-corrected chi connectivity index (χ4v) is 7.05. The number of ether oxygens (including phenoxy) is 2. The lowest BCUT2D eigenvalue weighted by Gasteiger charge is -2.27. The number of hydrogen-bond donors (Lipinski definition) is 2. The Kier molecular flexibility index (Phi) is 9.90. The zero-order valence-corrected chi connectivity index (χ0v) is 28.1. The van der Waals surface area contributed by atoms with Crippen molar-refractivity contribution in [2.45, 2.75) is 95.7 Å². The molecule has 1 fully saturated rings. The lowest BCUT2D eigenvalue weighted by atomic mass is 9.95. The van der Waals surface area contributed by atoms with Gasteiger partial charge in [-0.25, -0.2) is 26.6 Å². The van der Waals surface area contributed by atoms with Crippen LogP contribution in [0.3, 0.4) is 0 Å². The molecule has 0 radical (unpaired) electrons. The van der Waals surface area contributed by atoms with E-state index in [0.29, 0.717) is 16.5 Å². The van der Waals surface area contributed by atoms with Gasteiger partial charge >= 0.3 is 6.09 Å². The molecule has 0 bridgehead atoms. The number of halogens is 1. The quantitative estimate of drug-likeness (QED) is 0.204. The van der Waals surface area contributed by atoms with Gasteiger partial charge in [-0.2, -0.15) is 0 Å². The van der Waals surface area contributed by atoms with E-state index in [0.717, 1.165) is 41.6 Å². The van der Waals surface area contributed by atoms with Gasteiger partial charge in [0.2, 0.25) is 5.91 Å². The van der Waals surface area contributed by atoms with Gasteiger partial charge in [0.25, 0.3) is 10.0 Å². The highest BCUT2D eigenvalue weighted by Gasteiger charge is 2.28. The topological polar surface area (TPSA) is 129 Å². The summed E-state index contributed by atoms with van der Waals surface area (Å²) >= 11 is 0. The predicted octanol–water partition coefficient (Wildman–Crippen LogP) is 6.71. The Bertz CT molecular complexity index is 1880. The average Bonchev–Trinajstić information content (AvgIpc) is 3.36. The second kappa shape index (κ2) is 13.7. The van der Waals surface area contributed by atoms with Crippen LogP contribution in [-0.4, -0.2) is 47.1 Å². The lowest BCUT2D eigenvalue weighted by Crippen LogP contribution is -2.51. The van der Waals surface area contributed by atoms with E-state index in [2.05, 4.69) is 15.6 Å². The van der Waals surface area contributed by atoms with Crippen LogP contribution in [0.15, 0.2) is 65.8 Å². The van der Waals surface area contributed by atoms with E-state index in [1.54, 1.807) is 52.0 Å². The molecular weight excluding hydrogens is 623 g/mol. The molecule has 2 N–H and O–H groups in total. The molecule has 10 nitrogen and oxygen atoms in total. The first-order valence-electron chi connectivity index (χ1n) is 15.8. The zero-order valence-electron chi connectivity index (χ0n) is 27.3. The maximum atomic E-state index is 15.5. The van der Waals surface area contributed by atoms with Crippen LogP contribution in [0.1, 0.15) is 69.6 Å². The van der Waals surface area contributed by atoms with Crippen LogP contribution in [0.2, 0.25) is 0 Å². The van der Waals surface area contributed by atoms with E-state index in [1.807, 2.05) is 6.92 Å². The van der Waals surface area contributed by atoms with Crippen molar-refractivity contribution < 1.29 is 31.9 Å². The number of pyridine rings is 1. The number of aryl methyl sites for hydroxylation is 2. The Morgan fingerprint density at radius 3 is 2.38 bits per heavy atom. The van der Waals surface area contributed by atoms with Crippen LogP contribution in [0.25, 0.3) is 11.0 Å². The summed E-state index contributed by atoms with van der Waals surface area (Å²) in [6.07, 6.45) is 7.07. The summed E-state index contributed by atoms with van der Waals surface area (Å²) in [6.45, 7) is 8.79. The highest BCUT2D eigenvalue weighted by atomic mass is 32.2. The molecule has 0 unspecified atom stereocenters. The van der Waals surface area contributed by atoms with Crippen LogP contribution < -0.4 is 15.4 Å². The molecule has 0 saturated heterocycles. The highest BCUT2D eigenvalue weighted by Crippen LogP contribution is 2.35. The van der Waals surface area contributed by atoms with E-state index in [4.69, 9.17) is 9.47 Å². The van der Waals surface area contributed by atoms with Gasteiger partial charge in [0, 0.05) is 24.9 Å². The molecule has 4 aromatic rings. The van der Waals surface area contributed by atoms with Crippen molar-refractivity contribution in [2.24, 2.45) is 0 Å². The molecule has 5 rings (SSSR count). The normalized spacial score (nSPS) is 14.9. The molecule has 12 heteroatoms. The van der Waals surface area contributed by atoms with Gasteiger partial charge in [-0.3, -0.25) is 4.79 Å². The van der Waals surface area contributed by atoms with Gasteiger partial charge < -0.3 is 20.1 Å². The minimum Gasteiger partial charge on any atom is -0.453 e. The molecular formula is C35H41FN4O6S. The number of rotatable bonds is 9. The van der Waals surface area contributed by atoms with Crippen LogP contribution in [0.5, 0.6) is 11.5 Å². The Morgan fingerprint density at radius 1 is 1.02 bits per heavy atom. The Morgan fingerprint density at radius 2 is 1.72 bits per heavy atom. The summed E-state index contributed by atoms with van der Waals surface area (Å²) in [5.74, 6) is -0.921. The number of aromatic nitrogens is 2. The Hall–Kier alpha value is -4.45. The standard InChI is InChI=1S/C35H41FN4O6S/c1-22-11-14-26(15-12-22)47(43,44)40-21-23(2)31-30(17-18-37-32(31)40)45-29-16-13-24(19-27(29)36)20-28(39-34(42)46-35(3,4)5)33(41)38-25-9-7-6-8-10-25/h11-19,21,25,28H,6-10,20H2,1-5H3,(H,38,41)(H,39,42)/t28-/m1/s1. The van der Waals surface area contributed by atoms with Crippen LogP contribution >= 0.6 is 0 Å². The van der Waals surface area contributed by atoms with Gasteiger partial charge in [-0.1, -0.05) is 43.0 Å². The zero-order chi connectivity index (χ0) is 33.9. The molecule has 1 atom stereocenters. The number of amides is 2. The van der Waals surface area contributed by atoms with Gasteiger partial charge in [0.15, 0.2) is 17.2 Å². The molecule has 2 amide bonds. The fourth-order valence-electron chi connectivity index (χ4n) is 5.68. The molecule has 0 spiro atoms. The van der Waals surface area contributed by atoms with Crippen molar-refractivity contribution in [2.75, 3.05) is 0 Å². The van der Waals surface area contributed by atoms with Crippen molar-refractivity contribution in [3.8, 4) is 11.5 Å². The molecule has 2 heterocycles. The summed E-state index contributed by atoms with van der Waals surface area (Å²) in [7, 11) is -3.96. The third-order valence-electron chi connectivity index (χ3n) is 8.00. The van der Waals surface area contributed by atoms with Crippen molar-refractivity contribution in [3.05, 3.63) is 83.4 Å². The Labute approximate surface area is 274 Å². The van der Waals surface area contributed by atoms with Crippen molar-refractivity contribution in [3.63, 3.8) is 0 Å². The molecule has 1 aliphatic rings. The third-order valence-corrected chi connectivity index (χ3v) is 9.66. The number of nitrogens with one attached hydrogen (secondary N) is 2. The predicted molar refractivity (Wildman–Crippen MR) is 177 cm³/mol. The number of carbonyl (C=O) groups is 2. The average molecular weight is 665 g/mol. The minimum atomic E-state index is -3.96. The van der Waals surface area contributed by atoms with Crippen molar-refractivity contribution in [1.29, 1.82) is 0 Å². The summed E-state index contributed by atoms with van der Waals surface area (Å²) in [4.78, 5) is 30.3. The first-order valence-corrected chi connectivity index (χ1v) is 17.2. The van der Waals surface area contributed by atoms with Crippen molar-refractivity contribution in [1.82, 2.24) is 19.6 Å². The van der Waals surface area contributed by atoms with Crippen LogP contribution in [-0.2, 0) is 26.0 Å². The van der Waals surface area contributed by atoms with E-state index in [9.17, 15) is 18.0 Å². The molecule has 47 heavy (non-hydrogen) atoms. The van der Waals surface area contributed by atoms with E-state index in [-0.39, 0.29) is 40.4 Å². The third kappa shape index (κ3) is 8.10. The fraction of sp³-hybridized carbons (Fsp3) is 0.400. The molecule has 0 aliphatic heterocycles. The molecule has 2 aromatic heterocycles. The summed E-state index contributed by atoms with van der Waals surface area (Å²) in [5.41, 5.74) is 1.36. The molecule has 250 valence electrons. The lowest BCUT2D eigenvalue weighted by molar-refractivity contribution is -0.124. The molecule has 1 saturated carbocycles. The van der Waals surface area contributed by atoms with E-state index in [1.165, 1.54) is 36.7 Å². The minimum absolute atomic E-state index is 0.0212. The largest absolute Gasteiger partial charge is 0.453 e. The summed E-state index contributed by atoms with van der Waals surface area (Å²) in [5, 5.41) is 6.11.